The molecule has 170 valence electrons. The summed E-state index contributed by atoms with van der Waals surface area (Å²) in [7, 11) is 1.54. The van der Waals surface area contributed by atoms with Crippen molar-refractivity contribution in [1.29, 1.82) is 0 Å². The van der Waals surface area contributed by atoms with Gasteiger partial charge in [-0.25, -0.2) is 13.8 Å². The molecule has 3 N–H and O–H groups in total. The van der Waals surface area contributed by atoms with E-state index in [1.54, 1.807) is 24.3 Å². The molecule has 8 nitrogen and oxygen atoms in total. The molecule has 0 aliphatic heterocycles. The van der Waals surface area contributed by atoms with Crippen LogP contribution in [0.5, 0.6) is 5.75 Å². The average Bonchev–Trinajstić information content (AvgIpc) is 2.82. The van der Waals surface area contributed by atoms with Crippen molar-refractivity contribution in [2.75, 3.05) is 25.6 Å². The van der Waals surface area contributed by atoms with Gasteiger partial charge in [0, 0.05) is 23.1 Å². The Balaban J connectivity index is 2.02. The van der Waals surface area contributed by atoms with Crippen molar-refractivity contribution in [3.05, 3.63) is 76.6 Å². The van der Waals surface area contributed by atoms with Crippen molar-refractivity contribution < 1.29 is 23.7 Å². The first-order valence-electron chi connectivity index (χ1n) is 9.97. The molecule has 0 radical (unpaired) electrons. The van der Waals surface area contributed by atoms with Crippen LogP contribution in [0.4, 0.5) is 14.7 Å². The maximum absolute atomic E-state index is 14.6. The van der Waals surface area contributed by atoms with Gasteiger partial charge in [0.05, 0.1) is 37.7 Å². The molecule has 2 aromatic heterocycles. The molecule has 0 aliphatic carbocycles. The van der Waals surface area contributed by atoms with E-state index >= 15 is 0 Å². The lowest BCUT2D eigenvalue weighted by molar-refractivity contribution is 0.203. The second kappa shape index (κ2) is 9.31. The number of anilines is 1. The molecule has 33 heavy (non-hydrogen) atoms. The highest BCUT2D eigenvalue weighted by molar-refractivity contribution is 5.92. The van der Waals surface area contributed by atoms with Gasteiger partial charge in [0.2, 0.25) is 5.95 Å². The minimum Gasteiger partial charge on any atom is -0.497 e. The molecule has 0 amide bonds. The Bertz CT molecular complexity index is 1360. The molecule has 0 spiro atoms. The molecule has 4 rings (SSSR count). The number of aliphatic hydroxyl groups excluding tert-OH is 2. The predicted molar refractivity (Wildman–Crippen MR) is 119 cm³/mol. The summed E-state index contributed by atoms with van der Waals surface area (Å²) in [5.41, 5.74) is 0.361. The van der Waals surface area contributed by atoms with Gasteiger partial charge < -0.3 is 20.3 Å². The summed E-state index contributed by atoms with van der Waals surface area (Å²) in [6, 6.07) is 11.9. The molecule has 0 bridgehead atoms. The fourth-order valence-corrected chi connectivity index (χ4v) is 3.38. The van der Waals surface area contributed by atoms with Crippen LogP contribution in [0.15, 0.2) is 59.4 Å². The number of benzene rings is 2. The van der Waals surface area contributed by atoms with E-state index in [1.807, 2.05) is 0 Å². The molecule has 0 unspecified atom stereocenters. The number of rotatable bonds is 7. The third kappa shape index (κ3) is 4.38. The van der Waals surface area contributed by atoms with Crippen LogP contribution in [0.3, 0.4) is 0 Å². The summed E-state index contributed by atoms with van der Waals surface area (Å²) in [6.07, 6.45) is 0. The van der Waals surface area contributed by atoms with E-state index in [9.17, 15) is 23.8 Å². The van der Waals surface area contributed by atoms with Gasteiger partial charge in [0.25, 0.3) is 5.56 Å². The molecule has 10 heteroatoms. The smallest absolute Gasteiger partial charge is 0.256 e. The zero-order chi connectivity index (χ0) is 23.5. The average molecular weight is 454 g/mol. The third-order valence-electron chi connectivity index (χ3n) is 5.04. The van der Waals surface area contributed by atoms with Gasteiger partial charge in [-0.3, -0.25) is 9.36 Å². The van der Waals surface area contributed by atoms with Crippen molar-refractivity contribution >= 4 is 17.0 Å². The molecule has 0 aliphatic rings. The first-order valence-corrected chi connectivity index (χ1v) is 9.97. The minimum absolute atomic E-state index is 0.00304. The second-order valence-electron chi connectivity index (χ2n) is 7.17. The first kappa shape index (κ1) is 22.3. The van der Waals surface area contributed by atoms with Crippen LogP contribution in [0, 0.1) is 11.6 Å². The molecule has 2 aromatic carbocycles. The number of ether oxygens (including phenoxy) is 1. The Hall–Kier alpha value is -3.89. The Morgan fingerprint density at radius 2 is 1.76 bits per heavy atom. The number of halogens is 2. The van der Waals surface area contributed by atoms with Crippen molar-refractivity contribution in [2.45, 2.75) is 6.04 Å². The molecule has 2 heterocycles. The summed E-state index contributed by atoms with van der Waals surface area (Å²) in [4.78, 5) is 21.6. The predicted octanol–water partition coefficient (Wildman–Crippen LogP) is 2.50. The first-order chi connectivity index (χ1) is 15.9. The quantitative estimate of drug-likeness (QED) is 0.394. The van der Waals surface area contributed by atoms with E-state index in [0.29, 0.717) is 28.5 Å². The zero-order valence-electron chi connectivity index (χ0n) is 17.5. The largest absolute Gasteiger partial charge is 0.497 e. The van der Waals surface area contributed by atoms with Crippen LogP contribution in [-0.4, -0.2) is 51.1 Å². The number of aliphatic hydroxyl groups is 2. The van der Waals surface area contributed by atoms with E-state index in [1.165, 1.54) is 19.2 Å². The molecular formula is C23H20F2N4O4. The highest BCUT2D eigenvalue weighted by Crippen LogP contribution is 2.29. The van der Waals surface area contributed by atoms with E-state index in [-0.39, 0.29) is 17.3 Å². The molecule has 0 saturated heterocycles. The van der Waals surface area contributed by atoms with E-state index in [0.717, 1.165) is 16.7 Å². The van der Waals surface area contributed by atoms with Gasteiger partial charge in [0.15, 0.2) is 5.65 Å². The van der Waals surface area contributed by atoms with E-state index < -0.39 is 36.4 Å². The summed E-state index contributed by atoms with van der Waals surface area (Å²) >= 11 is 0. The summed E-state index contributed by atoms with van der Waals surface area (Å²) in [5.74, 6) is -1.09. The van der Waals surface area contributed by atoms with Gasteiger partial charge >= 0.3 is 0 Å². The lowest BCUT2D eigenvalue weighted by atomic mass is 10.1. The van der Waals surface area contributed by atoms with Crippen molar-refractivity contribution in [3.63, 3.8) is 0 Å². The van der Waals surface area contributed by atoms with Crippen LogP contribution < -0.4 is 15.6 Å². The standard InChI is InChI=1S/C23H20F2N4O4/c1-33-16-5-2-13(3-6-16)21-17-7-9-20(32)29(19-8-4-14(24)10-18(19)25)22(17)28-23(27-21)26-15(11-30)12-31/h2-10,15,30-31H,11-12H2,1H3,(H,26,27,28). The highest BCUT2D eigenvalue weighted by atomic mass is 19.1. The van der Waals surface area contributed by atoms with Crippen molar-refractivity contribution in [3.8, 4) is 22.7 Å². The second-order valence-corrected chi connectivity index (χ2v) is 7.17. The number of hydrogen-bond acceptors (Lipinski definition) is 7. The normalized spacial score (nSPS) is 11.2. The van der Waals surface area contributed by atoms with E-state index in [4.69, 9.17) is 4.74 Å². The Morgan fingerprint density at radius 3 is 2.39 bits per heavy atom. The molecule has 0 atom stereocenters. The van der Waals surface area contributed by atoms with Crippen LogP contribution in [-0.2, 0) is 0 Å². The monoisotopic (exact) mass is 454 g/mol. The number of nitrogens with one attached hydrogen (secondary N) is 1. The van der Waals surface area contributed by atoms with Gasteiger partial charge in [-0.2, -0.15) is 4.98 Å². The van der Waals surface area contributed by atoms with Crippen molar-refractivity contribution in [2.24, 2.45) is 0 Å². The Kier molecular flexibility index (Phi) is 6.29. The maximum Gasteiger partial charge on any atom is 0.256 e. The molecule has 4 aromatic rings. The maximum atomic E-state index is 14.6. The van der Waals surface area contributed by atoms with Crippen LogP contribution in [0.2, 0.25) is 0 Å². The van der Waals surface area contributed by atoms with Gasteiger partial charge in [-0.1, -0.05) is 0 Å². The highest BCUT2D eigenvalue weighted by Gasteiger charge is 2.18. The number of aromatic nitrogens is 3. The Labute approximate surface area is 186 Å². The van der Waals surface area contributed by atoms with Gasteiger partial charge in [0.1, 0.15) is 17.4 Å². The Morgan fingerprint density at radius 1 is 1.03 bits per heavy atom. The fourth-order valence-electron chi connectivity index (χ4n) is 3.38. The molecule has 0 fully saturated rings. The lowest BCUT2D eigenvalue weighted by Gasteiger charge is -2.17. The number of nitrogens with zero attached hydrogens (tertiary/aromatic N) is 3. The van der Waals surface area contributed by atoms with Gasteiger partial charge in [-0.15, -0.1) is 0 Å². The number of fused-ring (bicyclic) bond motifs is 1. The fraction of sp³-hybridized carbons (Fsp3) is 0.174. The van der Waals surface area contributed by atoms with Gasteiger partial charge in [-0.05, 0) is 42.5 Å². The summed E-state index contributed by atoms with van der Waals surface area (Å²) in [6.45, 7) is -0.798. The van der Waals surface area contributed by atoms with Crippen LogP contribution in [0.25, 0.3) is 28.0 Å². The lowest BCUT2D eigenvalue weighted by Crippen LogP contribution is -2.29. The summed E-state index contributed by atoms with van der Waals surface area (Å²) < 4.78 is 34.3. The number of methoxy groups -OCH3 is 1. The van der Waals surface area contributed by atoms with Crippen LogP contribution >= 0.6 is 0 Å². The van der Waals surface area contributed by atoms with Crippen molar-refractivity contribution in [1.82, 2.24) is 14.5 Å². The topological polar surface area (TPSA) is 110 Å². The number of hydrogen-bond donors (Lipinski definition) is 3. The third-order valence-corrected chi connectivity index (χ3v) is 5.04. The zero-order valence-corrected chi connectivity index (χ0v) is 17.5. The summed E-state index contributed by atoms with van der Waals surface area (Å²) in [5, 5.41) is 22.1. The van der Waals surface area contributed by atoms with E-state index in [2.05, 4.69) is 15.3 Å². The minimum atomic E-state index is -0.938. The SMILES string of the molecule is COc1ccc(-c2nc(NC(CO)CO)nc3c2ccc(=O)n3-c2ccc(F)cc2F)cc1. The molecule has 0 saturated carbocycles. The van der Waals surface area contributed by atoms with Crippen LogP contribution in [0.1, 0.15) is 0 Å². The molecular weight excluding hydrogens is 434 g/mol. The number of pyridine rings is 1.